The van der Waals surface area contributed by atoms with Crippen molar-refractivity contribution in [2.45, 2.75) is 0 Å². The maximum Gasteiger partial charge on any atom is 0.131 e. The first kappa shape index (κ1) is 17.1. The number of aliphatic hydroxyl groups is 1. The fourth-order valence-corrected chi connectivity index (χ4v) is 3.13. The van der Waals surface area contributed by atoms with E-state index in [-0.39, 0.29) is 5.76 Å². The third-order valence-electron chi connectivity index (χ3n) is 4.35. The highest BCUT2D eigenvalue weighted by atomic mass is 35.5. The smallest absolute Gasteiger partial charge is 0.131 e. The van der Waals surface area contributed by atoms with Crippen LogP contribution < -0.4 is 0 Å². The molecular formula is C23H17ClN2O. The highest BCUT2D eigenvalue weighted by Crippen LogP contribution is 2.29. The van der Waals surface area contributed by atoms with Crippen molar-refractivity contribution in [2.75, 3.05) is 0 Å². The predicted molar refractivity (Wildman–Crippen MR) is 114 cm³/mol. The van der Waals surface area contributed by atoms with Crippen LogP contribution in [0.3, 0.4) is 0 Å². The Bertz CT molecular complexity index is 1160. The molecule has 0 saturated heterocycles. The highest BCUT2D eigenvalue weighted by Gasteiger charge is 2.09. The van der Waals surface area contributed by atoms with Crippen LogP contribution in [0.15, 0.2) is 73.3 Å². The average molecular weight is 373 g/mol. The second-order valence-electron chi connectivity index (χ2n) is 6.23. The van der Waals surface area contributed by atoms with Gasteiger partial charge in [0.1, 0.15) is 11.6 Å². The lowest BCUT2D eigenvalue weighted by atomic mass is 9.98. The van der Waals surface area contributed by atoms with Gasteiger partial charge in [0.25, 0.3) is 0 Å². The van der Waals surface area contributed by atoms with Gasteiger partial charge in [-0.05, 0) is 47.0 Å². The Kier molecular flexibility index (Phi) is 4.53. The summed E-state index contributed by atoms with van der Waals surface area (Å²) in [5, 5.41) is 10.6. The average Bonchev–Trinajstić information content (AvgIpc) is 3.09. The van der Waals surface area contributed by atoms with Crippen LogP contribution in [0.1, 0.15) is 17.0 Å². The summed E-state index contributed by atoms with van der Waals surface area (Å²) in [6.07, 6.45) is 3.92. The van der Waals surface area contributed by atoms with Crippen molar-refractivity contribution in [3.63, 3.8) is 0 Å². The summed E-state index contributed by atoms with van der Waals surface area (Å²) in [7, 11) is 0. The zero-order valence-electron chi connectivity index (χ0n) is 14.5. The molecule has 0 radical (unpaired) electrons. The second kappa shape index (κ2) is 7.14. The Hall–Kier alpha value is -3.30. The monoisotopic (exact) mass is 372 g/mol. The molecule has 4 rings (SSSR count). The number of benzene rings is 3. The van der Waals surface area contributed by atoms with Crippen molar-refractivity contribution in [3.05, 3.63) is 95.3 Å². The molecule has 0 aliphatic heterocycles. The molecule has 0 spiro atoms. The SMILES string of the molecule is C=C(O)c1ccccc1-c1ccc2[nH]c(/C=C/c3ccc(Cl)cc3)nc2c1. The molecule has 2 N–H and O–H groups in total. The summed E-state index contributed by atoms with van der Waals surface area (Å²) in [4.78, 5) is 7.96. The maximum atomic E-state index is 9.84. The topological polar surface area (TPSA) is 48.9 Å². The van der Waals surface area contributed by atoms with E-state index >= 15 is 0 Å². The van der Waals surface area contributed by atoms with Crippen molar-refractivity contribution in [1.82, 2.24) is 9.97 Å². The van der Waals surface area contributed by atoms with Gasteiger partial charge >= 0.3 is 0 Å². The summed E-state index contributed by atoms with van der Waals surface area (Å²) >= 11 is 5.91. The Morgan fingerprint density at radius 2 is 1.78 bits per heavy atom. The van der Waals surface area contributed by atoms with Crippen LogP contribution in [0.5, 0.6) is 0 Å². The van der Waals surface area contributed by atoms with Gasteiger partial charge in [-0.2, -0.15) is 0 Å². The number of halogens is 1. The van der Waals surface area contributed by atoms with E-state index in [2.05, 4.69) is 16.5 Å². The second-order valence-corrected chi connectivity index (χ2v) is 6.67. The maximum absolute atomic E-state index is 9.84. The van der Waals surface area contributed by atoms with Crippen molar-refractivity contribution in [2.24, 2.45) is 0 Å². The first-order valence-corrected chi connectivity index (χ1v) is 8.89. The molecule has 0 saturated carbocycles. The number of hydrogen-bond donors (Lipinski definition) is 2. The number of nitrogens with one attached hydrogen (secondary N) is 1. The van der Waals surface area contributed by atoms with E-state index in [0.717, 1.165) is 39.1 Å². The van der Waals surface area contributed by atoms with E-state index in [9.17, 15) is 5.11 Å². The van der Waals surface area contributed by atoms with Crippen LogP contribution in [0, 0.1) is 0 Å². The minimum Gasteiger partial charge on any atom is -0.508 e. The summed E-state index contributed by atoms with van der Waals surface area (Å²) in [6.45, 7) is 3.65. The summed E-state index contributed by atoms with van der Waals surface area (Å²) in [6, 6.07) is 21.3. The van der Waals surface area contributed by atoms with Crippen molar-refractivity contribution < 1.29 is 5.11 Å². The van der Waals surface area contributed by atoms with Crippen LogP contribution in [-0.4, -0.2) is 15.1 Å². The largest absolute Gasteiger partial charge is 0.508 e. The molecule has 3 nitrogen and oxygen atoms in total. The molecule has 4 heteroatoms. The standard InChI is InChI=1S/C23H17ClN2O/c1-15(27)19-4-2-3-5-20(19)17-9-12-21-22(14-17)26-23(25-21)13-8-16-6-10-18(24)11-7-16/h2-14,27H,1H2,(H,25,26)/b13-8+. The highest BCUT2D eigenvalue weighted by molar-refractivity contribution is 6.30. The van der Waals surface area contributed by atoms with Crippen molar-refractivity contribution in [1.29, 1.82) is 0 Å². The zero-order chi connectivity index (χ0) is 18.8. The van der Waals surface area contributed by atoms with E-state index in [1.165, 1.54) is 0 Å². The van der Waals surface area contributed by atoms with Gasteiger partial charge in [-0.15, -0.1) is 0 Å². The lowest BCUT2D eigenvalue weighted by Crippen LogP contribution is -1.87. The molecular weight excluding hydrogens is 356 g/mol. The third kappa shape index (κ3) is 3.64. The van der Waals surface area contributed by atoms with E-state index in [0.29, 0.717) is 5.02 Å². The minimum atomic E-state index is 0.0549. The Balaban J connectivity index is 1.68. The van der Waals surface area contributed by atoms with Crippen molar-refractivity contribution >= 4 is 40.5 Å². The number of H-pyrrole nitrogens is 1. The van der Waals surface area contributed by atoms with Gasteiger partial charge in [-0.25, -0.2) is 4.98 Å². The molecule has 4 aromatic rings. The first-order valence-electron chi connectivity index (χ1n) is 8.51. The molecule has 3 aromatic carbocycles. The van der Waals surface area contributed by atoms with E-state index in [4.69, 9.17) is 11.6 Å². The predicted octanol–water partition coefficient (Wildman–Crippen LogP) is 6.58. The van der Waals surface area contributed by atoms with E-state index < -0.39 is 0 Å². The summed E-state index contributed by atoms with van der Waals surface area (Å²) in [5.41, 5.74) is 5.49. The van der Waals surface area contributed by atoms with Crippen molar-refractivity contribution in [3.8, 4) is 11.1 Å². The summed E-state index contributed by atoms with van der Waals surface area (Å²) in [5.74, 6) is 0.830. The molecule has 0 aliphatic carbocycles. The van der Waals surface area contributed by atoms with Crippen LogP contribution in [0.2, 0.25) is 5.02 Å². The fraction of sp³-hybridized carbons (Fsp3) is 0. The minimum absolute atomic E-state index is 0.0549. The van der Waals surface area contributed by atoms with Gasteiger partial charge in [0.2, 0.25) is 0 Å². The number of hydrogen-bond acceptors (Lipinski definition) is 2. The molecule has 132 valence electrons. The number of aromatic amines is 1. The molecule has 27 heavy (non-hydrogen) atoms. The van der Waals surface area contributed by atoms with E-state index in [1.807, 2.05) is 78.9 Å². The number of aromatic nitrogens is 2. The molecule has 1 heterocycles. The summed E-state index contributed by atoms with van der Waals surface area (Å²) < 4.78 is 0. The zero-order valence-corrected chi connectivity index (χ0v) is 15.2. The number of aliphatic hydroxyl groups excluding tert-OH is 1. The van der Waals surface area contributed by atoms with Gasteiger partial charge in [-0.1, -0.05) is 66.7 Å². The van der Waals surface area contributed by atoms with Crippen LogP contribution in [0.4, 0.5) is 0 Å². The number of rotatable bonds is 4. The lowest BCUT2D eigenvalue weighted by Gasteiger charge is -2.08. The third-order valence-corrected chi connectivity index (χ3v) is 4.61. The number of fused-ring (bicyclic) bond motifs is 1. The van der Waals surface area contributed by atoms with Crippen LogP contribution >= 0.6 is 11.6 Å². The molecule has 0 atom stereocenters. The molecule has 0 unspecified atom stereocenters. The molecule has 0 fully saturated rings. The molecule has 1 aromatic heterocycles. The van der Waals surface area contributed by atoms with E-state index in [1.54, 1.807) is 0 Å². The Morgan fingerprint density at radius 3 is 2.56 bits per heavy atom. The normalized spacial score (nSPS) is 11.3. The molecule has 0 amide bonds. The number of nitrogens with zero attached hydrogens (tertiary/aromatic N) is 1. The van der Waals surface area contributed by atoms with Gasteiger partial charge in [0.15, 0.2) is 0 Å². The van der Waals surface area contributed by atoms with Gasteiger partial charge in [0, 0.05) is 10.6 Å². The molecule has 0 bridgehead atoms. The lowest BCUT2D eigenvalue weighted by molar-refractivity contribution is 0.514. The Morgan fingerprint density at radius 1 is 1.00 bits per heavy atom. The Labute approximate surface area is 162 Å². The van der Waals surface area contributed by atoms with Crippen LogP contribution in [-0.2, 0) is 0 Å². The van der Waals surface area contributed by atoms with Gasteiger partial charge in [0.05, 0.1) is 11.0 Å². The van der Waals surface area contributed by atoms with Gasteiger partial charge in [-0.3, -0.25) is 0 Å². The first-order chi connectivity index (χ1) is 13.1. The quantitative estimate of drug-likeness (QED) is 0.397. The molecule has 0 aliphatic rings. The van der Waals surface area contributed by atoms with Crippen LogP contribution in [0.25, 0.3) is 40.1 Å². The fourth-order valence-electron chi connectivity index (χ4n) is 3.01. The van der Waals surface area contributed by atoms with Gasteiger partial charge < -0.3 is 10.1 Å². The number of imidazole rings is 1.